The van der Waals surface area contributed by atoms with E-state index in [9.17, 15) is 25.0 Å². The Morgan fingerprint density at radius 2 is 1.65 bits per heavy atom. The number of hydrogen-bond acceptors (Lipinski definition) is 7. The molecule has 0 spiro atoms. The van der Waals surface area contributed by atoms with Gasteiger partial charge in [0.05, 0.1) is 22.5 Å². The van der Waals surface area contributed by atoms with E-state index in [0.29, 0.717) is 18.5 Å². The average Bonchev–Trinajstić information content (AvgIpc) is 2.51. The normalized spacial score (nSPS) is 10.3. The number of unbranched alkanes of at least 4 members (excludes halogenated alkanes) is 2. The van der Waals surface area contributed by atoms with Crippen molar-refractivity contribution in [1.82, 2.24) is 0 Å². The van der Waals surface area contributed by atoms with E-state index < -0.39 is 9.85 Å². The Morgan fingerprint density at radius 1 is 1.04 bits per heavy atom. The lowest BCUT2D eigenvalue weighted by atomic mass is 10.1. The molecule has 0 saturated heterocycles. The van der Waals surface area contributed by atoms with Crippen LogP contribution in [0.4, 0.5) is 11.4 Å². The van der Waals surface area contributed by atoms with Crippen LogP contribution < -0.4 is 5.73 Å². The predicted octanol–water partition coefficient (Wildman–Crippen LogP) is 2.11. The van der Waals surface area contributed by atoms with Crippen LogP contribution >= 0.6 is 0 Å². The first-order valence-electron chi connectivity index (χ1n) is 7.22. The number of hydrogen-bond donors (Lipinski definition) is 1. The Morgan fingerprint density at radius 3 is 2.17 bits per heavy atom. The second-order valence-corrected chi connectivity index (χ2v) is 4.94. The third-order valence-electron chi connectivity index (χ3n) is 3.12. The van der Waals surface area contributed by atoms with Gasteiger partial charge in [-0.05, 0) is 24.9 Å². The van der Waals surface area contributed by atoms with Crippen LogP contribution in [0, 0.1) is 20.2 Å². The number of rotatable bonds is 10. The number of nitrogens with zero attached hydrogens (tertiary/aromatic N) is 2. The molecule has 0 heterocycles. The predicted molar refractivity (Wildman–Crippen MR) is 81.9 cm³/mol. The molecule has 0 fully saturated rings. The van der Waals surface area contributed by atoms with Gasteiger partial charge in [0.15, 0.2) is 0 Å². The van der Waals surface area contributed by atoms with Gasteiger partial charge in [-0.2, -0.15) is 0 Å². The minimum absolute atomic E-state index is 0.0219. The standard InChI is InChI=1S/C14H19N3O6/c15-6-3-1-2-4-14(18)23-7-5-11-8-12(16(19)20)10-13(9-11)17(21)22/h8-10H,1-7,15H2. The molecular weight excluding hydrogens is 306 g/mol. The molecule has 0 aliphatic rings. The Balaban J connectivity index is 2.52. The van der Waals surface area contributed by atoms with E-state index in [1.165, 1.54) is 12.1 Å². The highest BCUT2D eigenvalue weighted by Gasteiger charge is 2.16. The minimum atomic E-state index is -0.694. The van der Waals surface area contributed by atoms with Crippen LogP contribution in [0.15, 0.2) is 18.2 Å². The van der Waals surface area contributed by atoms with Crippen molar-refractivity contribution in [1.29, 1.82) is 0 Å². The SMILES string of the molecule is NCCCCCC(=O)OCCc1cc([N+](=O)[O-])cc([N+](=O)[O-])c1. The maximum absolute atomic E-state index is 11.5. The third-order valence-corrected chi connectivity index (χ3v) is 3.12. The molecule has 1 aromatic rings. The van der Waals surface area contributed by atoms with Crippen molar-refractivity contribution >= 4 is 17.3 Å². The molecule has 0 saturated carbocycles. The number of esters is 1. The summed E-state index contributed by atoms with van der Waals surface area (Å²) in [5, 5.41) is 21.5. The lowest BCUT2D eigenvalue weighted by Gasteiger charge is -2.05. The number of carbonyl (C=O) groups excluding carboxylic acids is 1. The van der Waals surface area contributed by atoms with Crippen LogP contribution in [0.5, 0.6) is 0 Å². The molecule has 1 aromatic carbocycles. The number of benzene rings is 1. The molecule has 1 rings (SSSR count). The van der Waals surface area contributed by atoms with Crippen LogP contribution in [0.2, 0.25) is 0 Å². The number of non-ortho nitro benzene ring substituents is 2. The summed E-state index contributed by atoms with van der Waals surface area (Å²) in [7, 11) is 0. The lowest BCUT2D eigenvalue weighted by molar-refractivity contribution is -0.394. The fourth-order valence-corrected chi connectivity index (χ4v) is 1.96. The van der Waals surface area contributed by atoms with Crippen LogP contribution in [0.3, 0.4) is 0 Å². The Hall–Kier alpha value is -2.55. The molecule has 9 heteroatoms. The van der Waals surface area contributed by atoms with E-state index in [4.69, 9.17) is 10.5 Å². The molecule has 0 aromatic heterocycles. The van der Waals surface area contributed by atoms with Crippen molar-refractivity contribution in [2.45, 2.75) is 32.1 Å². The van der Waals surface area contributed by atoms with Crippen LogP contribution in [0.1, 0.15) is 31.2 Å². The Bertz CT molecular complexity index is 543. The summed E-state index contributed by atoms with van der Waals surface area (Å²) in [6, 6.07) is 3.37. The Kier molecular flexibility index (Phi) is 7.61. The number of nitrogens with two attached hydrogens (primary N) is 1. The molecule has 9 nitrogen and oxygen atoms in total. The highest BCUT2D eigenvalue weighted by atomic mass is 16.6. The molecular formula is C14H19N3O6. The Labute approximate surface area is 132 Å². The van der Waals surface area contributed by atoms with Crippen LogP contribution in [0.25, 0.3) is 0 Å². The molecule has 2 N–H and O–H groups in total. The maximum Gasteiger partial charge on any atom is 0.305 e. The minimum Gasteiger partial charge on any atom is -0.465 e. The van der Waals surface area contributed by atoms with Crippen molar-refractivity contribution < 1.29 is 19.4 Å². The zero-order valence-electron chi connectivity index (χ0n) is 12.6. The molecule has 0 amide bonds. The zero-order chi connectivity index (χ0) is 17.2. The number of nitro benzene ring substituents is 2. The van der Waals surface area contributed by atoms with Gasteiger partial charge in [0.1, 0.15) is 0 Å². The van der Waals surface area contributed by atoms with E-state index >= 15 is 0 Å². The lowest BCUT2D eigenvalue weighted by Crippen LogP contribution is -2.08. The summed E-state index contributed by atoms with van der Waals surface area (Å²) in [5.74, 6) is -0.359. The molecule has 0 bridgehead atoms. The van der Waals surface area contributed by atoms with Crippen molar-refractivity contribution in [2.24, 2.45) is 5.73 Å². The monoisotopic (exact) mass is 325 g/mol. The number of carbonyl (C=O) groups is 1. The summed E-state index contributed by atoms with van der Waals surface area (Å²) in [6.45, 7) is 0.606. The summed E-state index contributed by atoms with van der Waals surface area (Å²) in [5.41, 5.74) is 5.00. The van der Waals surface area contributed by atoms with Crippen molar-refractivity contribution in [3.05, 3.63) is 44.0 Å². The molecule has 0 unspecified atom stereocenters. The first-order valence-corrected chi connectivity index (χ1v) is 7.22. The van der Waals surface area contributed by atoms with Gasteiger partial charge < -0.3 is 10.5 Å². The average molecular weight is 325 g/mol. The summed E-state index contributed by atoms with van der Waals surface area (Å²) in [6.07, 6.45) is 2.86. The quantitative estimate of drug-likeness (QED) is 0.301. The number of nitro groups is 2. The highest BCUT2D eigenvalue weighted by Crippen LogP contribution is 2.23. The van der Waals surface area contributed by atoms with Gasteiger partial charge in [-0.25, -0.2) is 0 Å². The van der Waals surface area contributed by atoms with Crippen LogP contribution in [-0.2, 0) is 16.0 Å². The van der Waals surface area contributed by atoms with Gasteiger partial charge in [0.2, 0.25) is 0 Å². The van der Waals surface area contributed by atoms with E-state index in [1.54, 1.807) is 0 Å². The molecule has 0 radical (unpaired) electrons. The van der Waals surface area contributed by atoms with E-state index in [1.807, 2.05) is 0 Å². The van der Waals surface area contributed by atoms with Crippen molar-refractivity contribution in [3.8, 4) is 0 Å². The van der Waals surface area contributed by atoms with E-state index in [-0.39, 0.29) is 36.8 Å². The van der Waals surface area contributed by atoms with E-state index in [2.05, 4.69) is 0 Å². The summed E-state index contributed by atoms with van der Waals surface area (Å²) >= 11 is 0. The first-order chi connectivity index (χ1) is 10.9. The van der Waals surface area contributed by atoms with E-state index in [0.717, 1.165) is 18.9 Å². The highest BCUT2D eigenvalue weighted by molar-refractivity contribution is 5.69. The summed E-state index contributed by atoms with van der Waals surface area (Å²) < 4.78 is 5.02. The topological polar surface area (TPSA) is 139 Å². The first kappa shape index (κ1) is 18.5. The third kappa shape index (κ3) is 6.83. The molecule has 126 valence electrons. The molecule has 0 atom stereocenters. The van der Waals surface area contributed by atoms with Gasteiger partial charge in [-0.1, -0.05) is 6.42 Å². The fourth-order valence-electron chi connectivity index (χ4n) is 1.96. The smallest absolute Gasteiger partial charge is 0.305 e. The van der Waals surface area contributed by atoms with Crippen molar-refractivity contribution in [2.75, 3.05) is 13.2 Å². The molecule has 0 aliphatic heterocycles. The van der Waals surface area contributed by atoms with Gasteiger partial charge in [0, 0.05) is 25.0 Å². The second kappa shape index (κ2) is 9.46. The van der Waals surface area contributed by atoms with Crippen LogP contribution in [-0.4, -0.2) is 29.0 Å². The van der Waals surface area contributed by atoms with Crippen molar-refractivity contribution in [3.63, 3.8) is 0 Å². The summed E-state index contributed by atoms with van der Waals surface area (Å²) in [4.78, 5) is 31.6. The van der Waals surface area contributed by atoms with Gasteiger partial charge in [0.25, 0.3) is 11.4 Å². The van der Waals surface area contributed by atoms with Gasteiger partial charge in [-0.3, -0.25) is 25.0 Å². The number of ether oxygens (including phenoxy) is 1. The fraction of sp³-hybridized carbons (Fsp3) is 0.500. The second-order valence-electron chi connectivity index (χ2n) is 4.94. The largest absolute Gasteiger partial charge is 0.465 e. The molecule has 0 aliphatic carbocycles. The maximum atomic E-state index is 11.5. The van der Waals surface area contributed by atoms with Gasteiger partial charge >= 0.3 is 5.97 Å². The van der Waals surface area contributed by atoms with Gasteiger partial charge in [-0.15, -0.1) is 0 Å². The molecule has 23 heavy (non-hydrogen) atoms. The zero-order valence-corrected chi connectivity index (χ0v) is 12.6.